The van der Waals surface area contributed by atoms with Crippen LogP contribution >= 0.6 is 15.9 Å². The van der Waals surface area contributed by atoms with Crippen LogP contribution in [-0.4, -0.2) is 54.3 Å². The Morgan fingerprint density at radius 3 is 2.57 bits per heavy atom. The highest BCUT2D eigenvalue weighted by atomic mass is 79.9. The van der Waals surface area contributed by atoms with E-state index in [1.54, 1.807) is 43.5 Å². The van der Waals surface area contributed by atoms with Crippen molar-refractivity contribution in [2.75, 3.05) is 25.5 Å². The van der Waals surface area contributed by atoms with Crippen LogP contribution in [0.2, 0.25) is 0 Å². The van der Waals surface area contributed by atoms with Gasteiger partial charge in [-0.3, -0.25) is 14.5 Å². The summed E-state index contributed by atoms with van der Waals surface area (Å²) < 4.78 is 5.89. The number of aliphatic hydroxyl groups is 1. The first-order valence-corrected chi connectivity index (χ1v) is 12.8. The molecule has 0 radical (unpaired) electrons. The van der Waals surface area contributed by atoms with E-state index < -0.39 is 5.91 Å². The molecule has 3 N–H and O–H groups in total. The minimum Gasteiger partial charge on any atom is -0.497 e. The van der Waals surface area contributed by atoms with E-state index in [4.69, 9.17) is 4.74 Å². The molecule has 1 aliphatic heterocycles. The maximum Gasteiger partial charge on any atom is 0.273 e. The van der Waals surface area contributed by atoms with Gasteiger partial charge in [0.2, 0.25) is 0 Å². The average Bonchev–Trinajstić information content (AvgIpc) is 2.91. The van der Waals surface area contributed by atoms with Gasteiger partial charge in [-0.25, -0.2) is 5.43 Å². The summed E-state index contributed by atoms with van der Waals surface area (Å²) in [6, 6.07) is 19.8. The lowest BCUT2D eigenvalue weighted by molar-refractivity contribution is 0.0792. The van der Waals surface area contributed by atoms with Gasteiger partial charge in [0, 0.05) is 29.7 Å². The van der Waals surface area contributed by atoms with Crippen molar-refractivity contribution in [2.45, 2.75) is 25.5 Å². The molecule has 1 aliphatic rings. The number of hydrazone groups is 1. The Balaban J connectivity index is 1.39. The first kappa shape index (κ1) is 26.5. The highest BCUT2D eigenvalue weighted by Crippen LogP contribution is 2.22. The average molecular weight is 565 g/mol. The van der Waals surface area contributed by atoms with E-state index in [1.165, 1.54) is 6.21 Å². The molecule has 0 saturated carbocycles. The number of aliphatic hydroxyl groups excluding tert-OH is 1. The van der Waals surface area contributed by atoms with Crippen LogP contribution in [0.3, 0.4) is 0 Å². The number of ether oxygens (including phenoxy) is 1. The maximum atomic E-state index is 12.9. The second kappa shape index (κ2) is 12.6. The number of nitrogens with zero attached hydrogens (tertiary/aromatic N) is 2. The van der Waals surface area contributed by atoms with E-state index in [9.17, 15) is 14.7 Å². The van der Waals surface area contributed by atoms with Gasteiger partial charge in [-0.1, -0.05) is 40.2 Å². The van der Waals surface area contributed by atoms with E-state index >= 15 is 0 Å². The zero-order valence-corrected chi connectivity index (χ0v) is 22.1. The molecule has 37 heavy (non-hydrogen) atoms. The Morgan fingerprint density at radius 2 is 1.84 bits per heavy atom. The van der Waals surface area contributed by atoms with Crippen LogP contribution < -0.4 is 15.5 Å². The zero-order valence-electron chi connectivity index (χ0n) is 20.5. The van der Waals surface area contributed by atoms with Gasteiger partial charge >= 0.3 is 0 Å². The van der Waals surface area contributed by atoms with Gasteiger partial charge < -0.3 is 15.2 Å². The lowest BCUT2D eigenvalue weighted by atomic mass is 10.1. The maximum absolute atomic E-state index is 12.9. The normalized spacial score (nSPS) is 14.5. The Kier molecular flexibility index (Phi) is 9.05. The second-order valence-corrected chi connectivity index (χ2v) is 9.74. The number of halogens is 1. The van der Waals surface area contributed by atoms with Gasteiger partial charge in [-0.2, -0.15) is 5.10 Å². The van der Waals surface area contributed by atoms with Gasteiger partial charge in [-0.05, 0) is 66.4 Å². The zero-order chi connectivity index (χ0) is 26.2. The summed E-state index contributed by atoms with van der Waals surface area (Å²) in [5.74, 6) is -0.0896. The number of carbonyl (C=O) groups excluding carboxylic acids is 2. The minimum absolute atomic E-state index is 0.201. The molecule has 3 aromatic rings. The Hall–Kier alpha value is -3.53. The van der Waals surface area contributed by atoms with Gasteiger partial charge in [0.1, 0.15) is 5.75 Å². The molecule has 1 fully saturated rings. The number of methoxy groups -OCH3 is 1. The quantitative estimate of drug-likeness (QED) is 0.277. The second-order valence-electron chi connectivity index (χ2n) is 8.82. The van der Waals surface area contributed by atoms with Crippen LogP contribution in [0.1, 0.15) is 44.7 Å². The number of likely N-dealkylation sites (tertiary alicyclic amines) is 1. The molecule has 4 rings (SSSR count). The molecule has 0 spiro atoms. The SMILES string of the molecule is COc1cccc(C=NNC(=O)c2cc(Br)ccc2NC(=O)c2ccc(CN3CCC(O)CC3)cc2)c1. The summed E-state index contributed by atoms with van der Waals surface area (Å²) in [7, 11) is 1.58. The Labute approximate surface area is 224 Å². The smallest absolute Gasteiger partial charge is 0.273 e. The van der Waals surface area contributed by atoms with Gasteiger partial charge in [0.05, 0.1) is 30.7 Å². The van der Waals surface area contributed by atoms with E-state index in [2.05, 4.69) is 36.7 Å². The molecule has 8 nitrogen and oxygen atoms in total. The van der Waals surface area contributed by atoms with Crippen LogP contribution in [0.4, 0.5) is 5.69 Å². The predicted molar refractivity (Wildman–Crippen MR) is 147 cm³/mol. The molecule has 9 heteroatoms. The van der Waals surface area contributed by atoms with E-state index in [-0.39, 0.29) is 17.6 Å². The van der Waals surface area contributed by atoms with E-state index in [0.29, 0.717) is 21.5 Å². The highest BCUT2D eigenvalue weighted by Gasteiger charge is 2.18. The third-order valence-electron chi connectivity index (χ3n) is 6.13. The summed E-state index contributed by atoms with van der Waals surface area (Å²) in [5.41, 5.74) is 5.52. The molecule has 2 amide bonds. The van der Waals surface area contributed by atoms with Crippen LogP contribution in [0.5, 0.6) is 5.75 Å². The van der Waals surface area contributed by atoms with Crippen molar-refractivity contribution in [1.29, 1.82) is 0 Å². The van der Waals surface area contributed by atoms with Crippen molar-refractivity contribution in [3.63, 3.8) is 0 Å². The van der Waals surface area contributed by atoms with Crippen molar-refractivity contribution >= 4 is 39.6 Å². The third-order valence-corrected chi connectivity index (χ3v) is 6.62. The minimum atomic E-state index is -0.460. The molecule has 1 saturated heterocycles. The molecule has 192 valence electrons. The summed E-state index contributed by atoms with van der Waals surface area (Å²) in [6.07, 6.45) is 2.89. The lowest BCUT2D eigenvalue weighted by Gasteiger charge is -2.29. The molecule has 0 aromatic heterocycles. The standard InChI is InChI=1S/C28H29BrN4O4/c1-37-24-4-2-3-20(15-24)17-30-32-28(36)25-16-22(29)9-10-26(25)31-27(35)21-7-5-19(6-8-21)18-33-13-11-23(34)12-14-33/h2-10,15-17,23,34H,11-14,18H2,1H3,(H,31,35)(H,32,36). The van der Waals surface area contributed by atoms with Crippen molar-refractivity contribution in [1.82, 2.24) is 10.3 Å². The largest absolute Gasteiger partial charge is 0.497 e. The summed E-state index contributed by atoms with van der Waals surface area (Å²) >= 11 is 3.39. The summed E-state index contributed by atoms with van der Waals surface area (Å²) in [5, 5.41) is 16.6. The molecule has 1 heterocycles. The molecule has 0 aliphatic carbocycles. The van der Waals surface area contributed by atoms with Crippen LogP contribution in [0.15, 0.2) is 76.3 Å². The monoisotopic (exact) mass is 564 g/mol. The fourth-order valence-electron chi connectivity index (χ4n) is 4.05. The van der Waals surface area contributed by atoms with Crippen molar-refractivity contribution in [2.24, 2.45) is 5.10 Å². The first-order chi connectivity index (χ1) is 17.9. The number of carbonyl (C=O) groups is 2. The lowest BCUT2D eigenvalue weighted by Crippen LogP contribution is -2.35. The number of nitrogens with one attached hydrogen (secondary N) is 2. The molecule has 0 bridgehead atoms. The molecule has 0 atom stereocenters. The number of rotatable bonds is 8. The van der Waals surface area contributed by atoms with E-state index in [0.717, 1.165) is 43.6 Å². The van der Waals surface area contributed by atoms with E-state index in [1.807, 2.05) is 30.3 Å². The number of hydrogen-bond acceptors (Lipinski definition) is 6. The van der Waals surface area contributed by atoms with Crippen molar-refractivity contribution in [3.05, 3.63) is 93.5 Å². The molecule has 0 unspecified atom stereocenters. The number of piperidine rings is 1. The summed E-state index contributed by atoms with van der Waals surface area (Å²) in [4.78, 5) is 28.1. The summed E-state index contributed by atoms with van der Waals surface area (Å²) in [6.45, 7) is 2.50. The number of benzene rings is 3. The van der Waals surface area contributed by atoms with Crippen LogP contribution in [-0.2, 0) is 6.54 Å². The van der Waals surface area contributed by atoms with Crippen LogP contribution in [0.25, 0.3) is 0 Å². The van der Waals surface area contributed by atoms with Gasteiger partial charge in [0.15, 0.2) is 0 Å². The Morgan fingerprint density at radius 1 is 1.08 bits per heavy atom. The van der Waals surface area contributed by atoms with Crippen molar-refractivity contribution in [3.8, 4) is 5.75 Å². The third kappa shape index (κ3) is 7.48. The van der Waals surface area contributed by atoms with Crippen molar-refractivity contribution < 1.29 is 19.4 Å². The molecular formula is C28H29BrN4O4. The first-order valence-electron chi connectivity index (χ1n) is 12.0. The fraction of sp³-hybridized carbons (Fsp3) is 0.250. The topological polar surface area (TPSA) is 103 Å². The fourth-order valence-corrected chi connectivity index (χ4v) is 4.41. The molecule has 3 aromatic carbocycles. The number of hydrogen-bond donors (Lipinski definition) is 3. The number of anilines is 1. The van der Waals surface area contributed by atoms with Gasteiger partial charge in [0.25, 0.3) is 11.8 Å². The Bertz CT molecular complexity index is 1270. The number of amides is 2. The van der Waals surface area contributed by atoms with Gasteiger partial charge in [-0.15, -0.1) is 0 Å². The molecular weight excluding hydrogens is 536 g/mol. The predicted octanol–water partition coefficient (Wildman–Crippen LogP) is 4.43. The van der Waals surface area contributed by atoms with Crippen LogP contribution in [0, 0.1) is 0 Å². The highest BCUT2D eigenvalue weighted by molar-refractivity contribution is 9.10.